The fourth-order valence-electron chi connectivity index (χ4n) is 3.53. The normalized spacial score (nSPS) is 12.3. The van der Waals surface area contributed by atoms with E-state index in [1.54, 1.807) is 35.9 Å². The van der Waals surface area contributed by atoms with Gasteiger partial charge >= 0.3 is 6.18 Å². The Labute approximate surface area is 217 Å². The number of alkyl halides is 3. The van der Waals surface area contributed by atoms with Crippen LogP contribution in [0.1, 0.15) is 48.6 Å². The molecule has 37 heavy (non-hydrogen) atoms. The number of thioether (sulfide) groups is 1. The Balaban J connectivity index is 1.69. The highest BCUT2D eigenvalue weighted by atomic mass is 32.2. The third kappa shape index (κ3) is 7.25. The van der Waals surface area contributed by atoms with Gasteiger partial charge in [0.25, 0.3) is 5.91 Å². The minimum absolute atomic E-state index is 0.0150. The van der Waals surface area contributed by atoms with Crippen molar-refractivity contribution in [2.24, 2.45) is 5.92 Å². The van der Waals surface area contributed by atoms with E-state index < -0.39 is 23.7 Å². The number of rotatable bonds is 10. The van der Waals surface area contributed by atoms with Crippen LogP contribution >= 0.6 is 11.8 Å². The van der Waals surface area contributed by atoms with Crippen molar-refractivity contribution >= 4 is 29.3 Å². The summed E-state index contributed by atoms with van der Waals surface area (Å²) in [6, 6.07) is 10.7. The molecule has 12 heteroatoms. The van der Waals surface area contributed by atoms with Crippen LogP contribution in [0.4, 0.5) is 18.9 Å². The molecular weight excluding hydrogens is 507 g/mol. The van der Waals surface area contributed by atoms with E-state index in [2.05, 4.69) is 20.8 Å². The van der Waals surface area contributed by atoms with Crippen molar-refractivity contribution in [3.63, 3.8) is 0 Å². The smallest absolute Gasteiger partial charge is 0.416 e. The molecule has 1 unspecified atom stereocenters. The molecule has 1 heterocycles. The summed E-state index contributed by atoms with van der Waals surface area (Å²) in [4.78, 5) is 25.3. The van der Waals surface area contributed by atoms with Crippen molar-refractivity contribution < 1.29 is 27.5 Å². The number of anilines is 1. The van der Waals surface area contributed by atoms with Gasteiger partial charge in [0, 0.05) is 17.8 Å². The molecular formula is C25H28F3N5O3S. The Hall–Kier alpha value is -3.54. The molecule has 0 spiro atoms. The molecule has 2 aromatic carbocycles. The predicted molar refractivity (Wildman–Crippen MR) is 135 cm³/mol. The predicted octanol–water partition coefficient (Wildman–Crippen LogP) is 5.18. The van der Waals surface area contributed by atoms with Gasteiger partial charge in [0.2, 0.25) is 5.91 Å². The molecule has 2 N–H and O–H groups in total. The molecule has 8 nitrogen and oxygen atoms in total. The van der Waals surface area contributed by atoms with E-state index in [4.69, 9.17) is 4.74 Å². The van der Waals surface area contributed by atoms with Crippen LogP contribution in [0.15, 0.2) is 53.7 Å². The number of benzene rings is 2. The van der Waals surface area contributed by atoms with Crippen LogP contribution < -0.4 is 15.4 Å². The molecule has 3 aromatic rings. The number of nitrogens with zero attached hydrogens (tertiary/aromatic N) is 3. The number of nitrogens with one attached hydrogen (secondary N) is 2. The lowest BCUT2D eigenvalue weighted by Crippen LogP contribution is -2.33. The molecule has 0 aliphatic heterocycles. The van der Waals surface area contributed by atoms with E-state index in [0.29, 0.717) is 28.8 Å². The number of carbonyl (C=O) groups is 2. The number of hydrogen-bond donors (Lipinski definition) is 2. The number of hydrogen-bond acceptors (Lipinski definition) is 6. The van der Waals surface area contributed by atoms with Gasteiger partial charge in [-0.25, -0.2) is 0 Å². The van der Waals surface area contributed by atoms with E-state index in [1.165, 1.54) is 12.1 Å². The van der Waals surface area contributed by atoms with Crippen molar-refractivity contribution in [1.82, 2.24) is 20.1 Å². The molecule has 0 saturated carbocycles. The van der Waals surface area contributed by atoms with Crippen LogP contribution in [0.5, 0.6) is 5.75 Å². The zero-order valence-electron chi connectivity index (χ0n) is 20.8. The Morgan fingerprint density at radius 2 is 1.81 bits per heavy atom. The highest BCUT2D eigenvalue weighted by Gasteiger charge is 2.30. The van der Waals surface area contributed by atoms with Gasteiger partial charge in [0.15, 0.2) is 11.0 Å². The Kier molecular flexibility index (Phi) is 9.19. The van der Waals surface area contributed by atoms with Crippen LogP contribution in [0.25, 0.3) is 0 Å². The summed E-state index contributed by atoms with van der Waals surface area (Å²) >= 11 is 1.11. The standard InChI is InChI=1S/C25H28F3N5O3S/c1-5-33-22(21(15(2)3)30-23(35)16-9-11-19(36-4)12-10-16)31-32-24(33)37-14-20(34)29-18-8-6-7-17(13-18)25(26,27)28/h6-13,15,21H,5,14H2,1-4H3,(H,29,34)(H,30,35). The average Bonchev–Trinajstić information content (AvgIpc) is 3.27. The first-order chi connectivity index (χ1) is 17.5. The topological polar surface area (TPSA) is 98.1 Å². The fraction of sp³-hybridized carbons (Fsp3) is 0.360. The molecule has 1 atom stereocenters. The van der Waals surface area contributed by atoms with Gasteiger partial charge in [0.1, 0.15) is 5.75 Å². The second kappa shape index (κ2) is 12.1. The molecule has 0 aliphatic carbocycles. The molecule has 3 rings (SSSR count). The van der Waals surface area contributed by atoms with Crippen LogP contribution in [0.2, 0.25) is 0 Å². The summed E-state index contributed by atoms with van der Waals surface area (Å²) in [5.41, 5.74) is -0.321. The summed E-state index contributed by atoms with van der Waals surface area (Å²) < 4.78 is 45.7. The highest BCUT2D eigenvalue weighted by molar-refractivity contribution is 7.99. The van der Waals surface area contributed by atoms with Gasteiger partial charge in [-0.2, -0.15) is 13.2 Å². The lowest BCUT2D eigenvalue weighted by molar-refractivity contribution is -0.137. The first kappa shape index (κ1) is 28.0. The minimum Gasteiger partial charge on any atom is -0.497 e. The van der Waals surface area contributed by atoms with E-state index in [0.717, 1.165) is 23.9 Å². The monoisotopic (exact) mass is 535 g/mol. The molecule has 198 valence electrons. The van der Waals surface area contributed by atoms with Crippen molar-refractivity contribution in [2.75, 3.05) is 18.2 Å². The average molecular weight is 536 g/mol. The number of amides is 2. The van der Waals surface area contributed by atoms with Crippen LogP contribution in [-0.2, 0) is 17.5 Å². The molecule has 0 aliphatic rings. The van der Waals surface area contributed by atoms with E-state index in [-0.39, 0.29) is 23.3 Å². The molecule has 0 radical (unpaired) electrons. The van der Waals surface area contributed by atoms with E-state index in [9.17, 15) is 22.8 Å². The van der Waals surface area contributed by atoms with Gasteiger partial charge in [0.05, 0.1) is 24.5 Å². The maximum absolute atomic E-state index is 12.9. The van der Waals surface area contributed by atoms with Crippen molar-refractivity contribution in [3.05, 3.63) is 65.5 Å². The molecule has 0 fully saturated rings. The quantitative estimate of drug-likeness (QED) is 0.347. The number of halogens is 3. The van der Waals surface area contributed by atoms with E-state index >= 15 is 0 Å². The maximum atomic E-state index is 12.9. The lowest BCUT2D eigenvalue weighted by Gasteiger charge is -2.22. The summed E-state index contributed by atoms with van der Waals surface area (Å²) in [5, 5.41) is 14.4. The Bertz CT molecular complexity index is 1230. The second-order valence-electron chi connectivity index (χ2n) is 8.42. The van der Waals surface area contributed by atoms with Crippen LogP contribution in [0, 0.1) is 5.92 Å². The summed E-state index contributed by atoms with van der Waals surface area (Å²) in [7, 11) is 1.55. The van der Waals surface area contributed by atoms with Gasteiger partial charge in [-0.05, 0) is 55.3 Å². The zero-order chi connectivity index (χ0) is 27.2. The molecule has 1 aromatic heterocycles. The second-order valence-corrected chi connectivity index (χ2v) is 9.37. The minimum atomic E-state index is -4.50. The van der Waals surface area contributed by atoms with Gasteiger partial charge in [-0.1, -0.05) is 31.7 Å². The number of ether oxygens (including phenoxy) is 1. The Morgan fingerprint density at radius 3 is 2.41 bits per heavy atom. The zero-order valence-corrected chi connectivity index (χ0v) is 21.6. The summed E-state index contributed by atoms with van der Waals surface area (Å²) in [6.45, 7) is 6.27. The number of carbonyl (C=O) groups excluding carboxylic acids is 2. The summed E-state index contributed by atoms with van der Waals surface area (Å²) in [5.74, 6) is 0.325. The molecule has 0 saturated heterocycles. The largest absolute Gasteiger partial charge is 0.497 e. The van der Waals surface area contributed by atoms with Gasteiger partial charge < -0.3 is 19.9 Å². The number of methoxy groups -OCH3 is 1. The van der Waals surface area contributed by atoms with Gasteiger partial charge in [-0.15, -0.1) is 10.2 Å². The molecule has 2 amide bonds. The third-order valence-corrected chi connectivity index (χ3v) is 6.42. The number of aromatic nitrogens is 3. The Morgan fingerprint density at radius 1 is 1.11 bits per heavy atom. The fourth-order valence-corrected chi connectivity index (χ4v) is 4.34. The highest BCUT2D eigenvalue weighted by Crippen LogP contribution is 2.31. The van der Waals surface area contributed by atoms with Crippen molar-refractivity contribution in [2.45, 2.75) is 44.7 Å². The van der Waals surface area contributed by atoms with Crippen molar-refractivity contribution in [1.29, 1.82) is 0 Å². The molecule has 0 bridgehead atoms. The van der Waals surface area contributed by atoms with Gasteiger partial charge in [-0.3, -0.25) is 9.59 Å². The summed E-state index contributed by atoms with van der Waals surface area (Å²) in [6.07, 6.45) is -4.50. The SMILES string of the molecule is CCn1c(SCC(=O)Nc2cccc(C(F)(F)F)c2)nnc1C(NC(=O)c1ccc(OC)cc1)C(C)C. The lowest BCUT2D eigenvalue weighted by atomic mass is 10.0. The van der Waals surface area contributed by atoms with Crippen LogP contribution in [-0.4, -0.2) is 39.4 Å². The van der Waals surface area contributed by atoms with E-state index in [1.807, 2.05) is 20.8 Å². The third-order valence-electron chi connectivity index (χ3n) is 5.45. The maximum Gasteiger partial charge on any atom is 0.416 e. The first-order valence-electron chi connectivity index (χ1n) is 11.5. The van der Waals surface area contributed by atoms with Crippen molar-refractivity contribution in [3.8, 4) is 5.75 Å². The van der Waals surface area contributed by atoms with Crippen LogP contribution in [0.3, 0.4) is 0 Å². The first-order valence-corrected chi connectivity index (χ1v) is 12.5.